The topological polar surface area (TPSA) is 91.0 Å². The predicted molar refractivity (Wildman–Crippen MR) is 119 cm³/mol. The number of fused-ring (bicyclic) bond motifs is 1. The molecule has 0 aliphatic rings. The van der Waals surface area contributed by atoms with Crippen molar-refractivity contribution in [2.75, 3.05) is 5.32 Å². The molecule has 0 spiro atoms. The van der Waals surface area contributed by atoms with Crippen LogP contribution in [-0.4, -0.2) is 25.2 Å². The van der Waals surface area contributed by atoms with Crippen molar-refractivity contribution in [3.05, 3.63) is 75.9 Å². The third-order valence-electron chi connectivity index (χ3n) is 4.76. The summed E-state index contributed by atoms with van der Waals surface area (Å²) in [5.41, 5.74) is 1.83. The summed E-state index contributed by atoms with van der Waals surface area (Å²) in [6, 6.07) is 12.6. The van der Waals surface area contributed by atoms with E-state index in [2.05, 4.69) is 15.4 Å². The van der Waals surface area contributed by atoms with Crippen molar-refractivity contribution in [2.45, 2.75) is 19.9 Å². The van der Waals surface area contributed by atoms with E-state index in [1.807, 2.05) is 31.2 Å². The maximum Gasteiger partial charge on any atom is 0.264 e. The lowest BCUT2D eigenvalue weighted by molar-refractivity contribution is -0.116. The van der Waals surface area contributed by atoms with Crippen LogP contribution in [0.5, 0.6) is 11.5 Å². The minimum absolute atomic E-state index is 0.0733. The fourth-order valence-electron chi connectivity index (χ4n) is 3.08. The standard InChI is InChI=1S/C22H20ClN5O3/c1-14-3-6-16(7-4-14)31-19-8-5-15(23)11-18(19)26-20(29)9-10-28-13-24-21-17(22(28)30)12-25-27(21)2/h3-8,11-13H,9-10H2,1-2H3,(H,26,29). The van der Waals surface area contributed by atoms with Gasteiger partial charge in [0.25, 0.3) is 5.56 Å². The quantitative estimate of drug-likeness (QED) is 0.493. The largest absolute Gasteiger partial charge is 0.455 e. The number of hydrogen-bond acceptors (Lipinski definition) is 5. The number of halogens is 1. The average Bonchev–Trinajstić information content (AvgIpc) is 3.13. The van der Waals surface area contributed by atoms with Crippen LogP contribution >= 0.6 is 11.6 Å². The van der Waals surface area contributed by atoms with Crippen LogP contribution in [-0.2, 0) is 18.4 Å². The van der Waals surface area contributed by atoms with Crippen LogP contribution in [0, 0.1) is 6.92 Å². The summed E-state index contributed by atoms with van der Waals surface area (Å²) in [7, 11) is 1.72. The number of anilines is 1. The second-order valence-electron chi connectivity index (χ2n) is 7.10. The second-order valence-corrected chi connectivity index (χ2v) is 7.54. The highest BCUT2D eigenvalue weighted by atomic mass is 35.5. The SMILES string of the molecule is Cc1ccc(Oc2ccc(Cl)cc2NC(=O)CCn2cnc3c(cnn3C)c2=O)cc1. The summed E-state index contributed by atoms with van der Waals surface area (Å²) in [4.78, 5) is 29.3. The zero-order valence-corrected chi connectivity index (χ0v) is 17.8. The first kappa shape index (κ1) is 20.6. The van der Waals surface area contributed by atoms with E-state index in [-0.39, 0.29) is 24.4 Å². The molecule has 0 saturated heterocycles. The molecule has 0 atom stereocenters. The average molecular weight is 438 g/mol. The van der Waals surface area contributed by atoms with Gasteiger partial charge in [0, 0.05) is 25.0 Å². The number of carbonyl (C=O) groups excluding carboxylic acids is 1. The van der Waals surface area contributed by atoms with Crippen LogP contribution in [0.4, 0.5) is 5.69 Å². The molecule has 31 heavy (non-hydrogen) atoms. The Bertz CT molecular complexity index is 1310. The summed E-state index contributed by atoms with van der Waals surface area (Å²) >= 11 is 6.11. The molecule has 1 N–H and O–H groups in total. The van der Waals surface area contributed by atoms with Gasteiger partial charge in [-0.15, -0.1) is 0 Å². The Morgan fingerprint density at radius 2 is 1.97 bits per heavy atom. The number of aryl methyl sites for hydroxylation is 3. The van der Waals surface area contributed by atoms with E-state index in [4.69, 9.17) is 16.3 Å². The Kier molecular flexibility index (Phi) is 5.73. The van der Waals surface area contributed by atoms with Gasteiger partial charge in [-0.3, -0.25) is 18.8 Å². The highest BCUT2D eigenvalue weighted by Gasteiger charge is 2.12. The first-order valence-electron chi connectivity index (χ1n) is 9.62. The van der Waals surface area contributed by atoms with Crippen LogP contribution in [0.15, 0.2) is 59.8 Å². The van der Waals surface area contributed by atoms with Gasteiger partial charge < -0.3 is 10.1 Å². The fourth-order valence-corrected chi connectivity index (χ4v) is 3.25. The Morgan fingerprint density at radius 3 is 2.74 bits per heavy atom. The van der Waals surface area contributed by atoms with Gasteiger partial charge in [0.2, 0.25) is 5.91 Å². The molecule has 0 fully saturated rings. The van der Waals surface area contributed by atoms with Crippen molar-refractivity contribution >= 4 is 34.2 Å². The molecule has 2 heterocycles. The normalized spacial score (nSPS) is 10.9. The zero-order valence-electron chi connectivity index (χ0n) is 17.0. The second kappa shape index (κ2) is 8.61. The lowest BCUT2D eigenvalue weighted by Gasteiger charge is -2.13. The van der Waals surface area contributed by atoms with Crippen molar-refractivity contribution in [1.82, 2.24) is 19.3 Å². The van der Waals surface area contributed by atoms with Crippen LogP contribution in [0.3, 0.4) is 0 Å². The lowest BCUT2D eigenvalue weighted by atomic mass is 10.2. The van der Waals surface area contributed by atoms with Gasteiger partial charge in [-0.25, -0.2) is 4.98 Å². The Morgan fingerprint density at radius 1 is 1.19 bits per heavy atom. The van der Waals surface area contributed by atoms with Gasteiger partial charge in [-0.2, -0.15) is 5.10 Å². The number of amides is 1. The first-order chi connectivity index (χ1) is 14.9. The van der Waals surface area contributed by atoms with Crippen molar-refractivity contribution in [3.63, 3.8) is 0 Å². The van der Waals surface area contributed by atoms with Crippen molar-refractivity contribution < 1.29 is 9.53 Å². The highest BCUT2D eigenvalue weighted by molar-refractivity contribution is 6.31. The number of aromatic nitrogens is 4. The van der Waals surface area contributed by atoms with Crippen molar-refractivity contribution in [3.8, 4) is 11.5 Å². The summed E-state index contributed by atoms with van der Waals surface area (Å²) < 4.78 is 8.83. The summed E-state index contributed by atoms with van der Waals surface area (Å²) in [5, 5.41) is 7.73. The first-order valence-corrected chi connectivity index (χ1v) is 9.99. The Balaban J connectivity index is 1.47. The van der Waals surface area contributed by atoms with E-state index >= 15 is 0 Å². The molecule has 0 aliphatic carbocycles. The highest BCUT2D eigenvalue weighted by Crippen LogP contribution is 2.32. The molecule has 0 unspecified atom stereocenters. The third kappa shape index (κ3) is 4.59. The van der Waals surface area contributed by atoms with Gasteiger partial charge in [0.05, 0.1) is 18.2 Å². The zero-order chi connectivity index (χ0) is 22.0. The number of benzene rings is 2. The third-order valence-corrected chi connectivity index (χ3v) is 5.00. The number of nitrogens with one attached hydrogen (secondary N) is 1. The molecule has 158 valence electrons. The molecule has 0 aliphatic heterocycles. The van der Waals surface area contributed by atoms with Gasteiger partial charge in [0.15, 0.2) is 11.4 Å². The lowest BCUT2D eigenvalue weighted by Crippen LogP contribution is -2.23. The maximum atomic E-state index is 12.6. The van der Waals surface area contributed by atoms with Gasteiger partial charge in [-0.1, -0.05) is 29.3 Å². The van der Waals surface area contributed by atoms with Gasteiger partial charge >= 0.3 is 0 Å². The fraction of sp³-hybridized carbons (Fsp3) is 0.182. The molecule has 4 rings (SSSR count). The van der Waals surface area contributed by atoms with Gasteiger partial charge in [0.1, 0.15) is 11.1 Å². The van der Waals surface area contributed by atoms with E-state index in [0.29, 0.717) is 33.2 Å². The van der Waals surface area contributed by atoms with Crippen LogP contribution in [0.25, 0.3) is 11.0 Å². The maximum absolute atomic E-state index is 12.6. The summed E-state index contributed by atoms with van der Waals surface area (Å²) in [5.74, 6) is 0.831. The number of carbonyl (C=O) groups is 1. The Labute approximate surface area is 183 Å². The molecule has 0 radical (unpaired) electrons. The molecule has 2 aromatic carbocycles. The van der Waals surface area contributed by atoms with E-state index in [0.717, 1.165) is 5.56 Å². The molecule has 1 amide bonds. The van der Waals surface area contributed by atoms with E-state index in [1.54, 1.807) is 25.2 Å². The predicted octanol–water partition coefficient (Wildman–Crippen LogP) is 3.91. The smallest absolute Gasteiger partial charge is 0.264 e. The molecule has 0 saturated carbocycles. The van der Waals surface area contributed by atoms with Crippen molar-refractivity contribution in [1.29, 1.82) is 0 Å². The van der Waals surface area contributed by atoms with Crippen LogP contribution < -0.4 is 15.6 Å². The number of ether oxygens (including phenoxy) is 1. The molecule has 0 bridgehead atoms. The van der Waals surface area contributed by atoms with E-state index in [9.17, 15) is 9.59 Å². The monoisotopic (exact) mass is 437 g/mol. The van der Waals surface area contributed by atoms with Crippen LogP contribution in [0.1, 0.15) is 12.0 Å². The minimum atomic E-state index is -0.283. The van der Waals surface area contributed by atoms with Crippen LogP contribution in [0.2, 0.25) is 5.02 Å². The molecular weight excluding hydrogens is 418 g/mol. The molecule has 4 aromatic rings. The Hall–Kier alpha value is -3.65. The number of rotatable bonds is 6. The van der Waals surface area contributed by atoms with E-state index < -0.39 is 0 Å². The molecular formula is C22H20ClN5O3. The summed E-state index contributed by atoms with van der Waals surface area (Å²) in [6.07, 6.45) is 2.97. The molecule has 8 nitrogen and oxygen atoms in total. The number of nitrogens with zero attached hydrogens (tertiary/aromatic N) is 4. The minimum Gasteiger partial charge on any atom is -0.455 e. The van der Waals surface area contributed by atoms with E-state index in [1.165, 1.54) is 21.8 Å². The number of hydrogen-bond donors (Lipinski definition) is 1. The van der Waals surface area contributed by atoms with Gasteiger partial charge in [-0.05, 0) is 37.3 Å². The summed E-state index contributed by atoms with van der Waals surface area (Å²) in [6.45, 7) is 2.17. The molecule has 2 aromatic heterocycles. The molecule has 9 heteroatoms. The van der Waals surface area contributed by atoms with Crippen molar-refractivity contribution in [2.24, 2.45) is 7.05 Å².